The number of hydrogen-bond acceptors (Lipinski definition) is 3. The highest BCUT2D eigenvalue weighted by Gasteiger charge is 2.11. The molecular formula is C14H23N3O. The van der Waals surface area contributed by atoms with Gasteiger partial charge in [-0.05, 0) is 38.2 Å². The van der Waals surface area contributed by atoms with E-state index in [1.165, 1.54) is 0 Å². The van der Waals surface area contributed by atoms with Crippen LogP contribution < -0.4 is 11.1 Å². The van der Waals surface area contributed by atoms with Crippen molar-refractivity contribution < 1.29 is 4.79 Å². The van der Waals surface area contributed by atoms with Gasteiger partial charge in [0.15, 0.2) is 0 Å². The van der Waals surface area contributed by atoms with Gasteiger partial charge in [-0.25, -0.2) is 0 Å². The molecule has 0 saturated carbocycles. The van der Waals surface area contributed by atoms with Gasteiger partial charge < -0.3 is 16.0 Å². The molecular weight excluding hydrogens is 226 g/mol. The molecule has 0 fully saturated rings. The van der Waals surface area contributed by atoms with Crippen LogP contribution in [-0.2, 0) is 0 Å². The van der Waals surface area contributed by atoms with Crippen LogP contribution in [0.4, 0.5) is 5.69 Å². The first-order valence-electron chi connectivity index (χ1n) is 6.45. The SMILES string of the molecule is CCN(CC)CC(C)NC(=O)c1cccc(N)c1. The molecule has 0 aliphatic carbocycles. The van der Waals surface area contributed by atoms with Gasteiger partial charge in [0.05, 0.1) is 0 Å². The quantitative estimate of drug-likeness (QED) is 0.755. The Kier molecular flexibility index (Phi) is 5.65. The highest BCUT2D eigenvalue weighted by atomic mass is 16.1. The highest BCUT2D eigenvalue weighted by molar-refractivity contribution is 5.95. The standard InChI is InChI=1S/C14H23N3O/c1-4-17(5-2)10-11(3)16-14(18)12-7-6-8-13(15)9-12/h6-9,11H,4-5,10,15H2,1-3H3,(H,16,18). The Morgan fingerprint density at radius 1 is 1.39 bits per heavy atom. The van der Waals surface area contributed by atoms with Crippen molar-refractivity contribution in [1.29, 1.82) is 0 Å². The van der Waals surface area contributed by atoms with Crippen LogP contribution in [0.15, 0.2) is 24.3 Å². The average molecular weight is 249 g/mol. The van der Waals surface area contributed by atoms with Crippen LogP contribution in [0.3, 0.4) is 0 Å². The van der Waals surface area contributed by atoms with Gasteiger partial charge in [-0.3, -0.25) is 4.79 Å². The molecule has 1 amide bonds. The van der Waals surface area contributed by atoms with Crippen molar-refractivity contribution in [2.24, 2.45) is 0 Å². The summed E-state index contributed by atoms with van der Waals surface area (Å²) in [6, 6.07) is 7.16. The van der Waals surface area contributed by atoms with E-state index in [0.717, 1.165) is 19.6 Å². The number of hydrogen-bond donors (Lipinski definition) is 2. The second kappa shape index (κ2) is 7.01. The molecule has 100 valence electrons. The first kappa shape index (κ1) is 14.5. The largest absolute Gasteiger partial charge is 0.399 e. The van der Waals surface area contributed by atoms with Crippen LogP contribution in [-0.4, -0.2) is 36.5 Å². The van der Waals surface area contributed by atoms with Gasteiger partial charge in [0.1, 0.15) is 0 Å². The summed E-state index contributed by atoms with van der Waals surface area (Å²) < 4.78 is 0. The van der Waals surface area contributed by atoms with Gasteiger partial charge in [0, 0.05) is 23.8 Å². The Morgan fingerprint density at radius 2 is 2.06 bits per heavy atom. The number of carbonyl (C=O) groups is 1. The predicted molar refractivity (Wildman–Crippen MR) is 75.6 cm³/mol. The molecule has 4 nitrogen and oxygen atoms in total. The number of likely N-dealkylation sites (N-methyl/N-ethyl adjacent to an activating group) is 1. The minimum absolute atomic E-state index is 0.0676. The van der Waals surface area contributed by atoms with Crippen molar-refractivity contribution in [2.75, 3.05) is 25.4 Å². The number of anilines is 1. The molecule has 0 spiro atoms. The third-order valence-electron chi connectivity index (χ3n) is 2.95. The van der Waals surface area contributed by atoms with Crippen molar-refractivity contribution in [3.05, 3.63) is 29.8 Å². The lowest BCUT2D eigenvalue weighted by atomic mass is 10.2. The number of nitrogens with one attached hydrogen (secondary N) is 1. The summed E-state index contributed by atoms with van der Waals surface area (Å²) in [5.74, 6) is -0.0676. The molecule has 1 unspecified atom stereocenters. The Bertz CT molecular complexity index is 388. The van der Waals surface area contributed by atoms with E-state index in [4.69, 9.17) is 5.73 Å². The molecule has 0 heterocycles. The van der Waals surface area contributed by atoms with E-state index in [1.54, 1.807) is 24.3 Å². The molecule has 1 atom stereocenters. The van der Waals surface area contributed by atoms with Crippen molar-refractivity contribution in [3.8, 4) is 0 Å². The van der Waals surface area contributed by atoms with Crippen LogP contribution in [0.25, 0.3) is 0 Å². The van der Waals surface area contributed by atoms with Crippen molar-refractivity contribution >= 4 is 11.6 Å². The molecule has 3 N–H and O–H groups in total. The molecule has 1 aromatic rings. The van der Waals surface area contributed by atoms with E-state index < -0.39 is 0 Å². The van der Waals surface area contributed by atoms with Gasteiger partial charge in [0.25, 0.3) is 5.91 Å². The summed E-state index contributed by atoms with van der Waals surface area (Å²) in [7, 11) is 0. The van der Waals surface area contributed by atoms with E-state index >= 15 is 0 Å². The van der Waals surface area contributed by atoms with Crippen molar-refractivity contribution in [2.45, 2.75) is 26.8 Å². The zero-order valence-electron chi connectivity index (χ0n) is 11.4. The summed E-state index contributed by atoms with van der Waals surface area (Å²) in [5, 5.41) is 2.99. The molecule has 0 aromatic heterocycles. The van der Waals surface area contributed by atoms with Crippen molar-refractivity contribution in [1.82, 2.24) is 10.2 Å². The molecule has 18 heavy (non-hydrogen) atoms. The van der Waals surface area contributed by atoms with Gasteiger partial charge in [-0.1, -0.05) is 19.9 Å². The fourth-order valence-electron chi connectivity index (χ4n) is 1.90. The fourth-order valence-corrected chi connectivity index (χ4v) is 1.90. The van der Waals surface area contributed by atoms with E-state index in [-0.39, 0.29) is 11.9 Å². The number of nitrogen functional groups attached to an aromatic ring is 1. The number of nitrogens with two attached hydrogens (primary N) is 1. The number of benzene rings is 1. The molecule has 0 saturated heterocycles. The summed E-state index contributed by atoms with van der Waals surface area (Å²) in [6.07, 6.45) is 0. The normalized spacial score (nSPS) is 12.4. The van der Waals surface area contributed by atoms with Crippen LogP contribution in [0.1, 0.15) is 31.1 Å². The summed E-state index contributed by atoms with van der Waals surface area (Å²) >= 11 is 0. The zero-order chi connectivity index (χ0) is 13.5. The second-order valence-electron chi connectivity index (χ2n) is 4.49. The molecule has 1 aromatic carbocycles. The minimum atomic E-state index is -0.0676. The first-order chi connectivity index (χ1) is 8.56. The maximum Gasteiger partial charge on any atom is 0.251 e. The summed E-state index contributed by atoms with van der Waals surface area (Å²) in [4.78, 5) is 14.3. The minimum Gasteiger partial charge on any atom is -0.399 e. The molecule has 0 aliphatic heterocycles. The van der Waals surface area contributed by atoms with E-state index in [0.29, 0.717) is 11.3 Å². The fraction of sp³-hybridized carbons (Fsp3) is 0.500. The number of rotatable bonds is 6. The molecule has 0 aliphatic rings. The van der Waals surface area contributed by atoms with Crippen LogP contribution in [0.2, 0.25) is 0 Å². The lowest BCUT2D eigenvalue weighted by Crippen LogP contribution is -2.41. The number of nitrogens with zero attached hydrogens (tertiary/aromatic N) is 1. The summed E-state index contributed by atoms with van der Waals surface area (Å²) in [6.45, 7) is 9.11. The smallest absolute Gasteiger partial charge is 0.251 e. The third kappa shape index (κ3) is 4.37. The number of amides is 1. The average Bonchev–Trinajstić information content (AvgIpc) is 2.35. The van der Waals surface area contributed by atoms with Crippen LogP contribution >= 0.6 is 0 Å². The molecule has 0 radical (unpaired) electrons. The van der Waals surface area contributed by atoms with Crippen molar-refractivity contribution in [3.63, 3.8) is 0 Å². The monoisotopic (exact) mass is 249 g/mol. The van der Waals surface area contributed by atoms with Gasteiger partial charge in [-0.15, -0.1) is 0 Å². The van der Waals surface area contributed by atoms with E-state index in [2.05, 4.69) is 24.1 Å². The maximum atomic E-state index is 12.0. The van der Waals surface area contributed by atoms with E-state index in [9.17, 15) is 4.79 Å². The van der Waals surface area contributed by atoms with Gasteiger partial charge in [0.2, 0.25) is 0 Å². The summed E-state index contributed by atoms with van der Waals surface area (Å²) in [5.41, 5.74) is 6.89. The molecule has 1 rings (SSSR count). The lowest BCUT2D eigenvalue weighted by Gasteiger charge is -2.23. The Hall–Kier alpha value is -1.55. The van der Waals surface area contributed by atoms with Crippen LogP contribution in [0, 0.1) is 0 Å². The molecule has 0 bridgehead atoms. The third-order valence-corrected chi connectivity index (χ3v) is 2.95. The molecule has 4 heteroatoms. The predicted octanol–water partition coefficient (Wildman–Crippen LogP) is 1.73. The Morgan fingerprint density at radius 3 is 2.61 bits per heavy atom. The lowest BCUT2D eigenvalue weighted by molar-refractivity contribution is 0.0930. The number of carbonyl (C=O) groups excluding carboxylic acids is 1. The Balaban J connectivity index is 2.54. The van der Waals surface area contributed by atoms with Gasteiger partial charge in [-0.2, -0.15) is 0 Å². The second-order valence-corrected chi connectivity index (χ2v) is 4.49. The highest BCUT2D eigenvalue weighted by Crippen LogP contribution is 2.06. The zero-order valence-corrected chi connectivity index (χ0v) is 11.4. The van der Waals surface area contributed by atoms with E-state index in [1.807, 2.05) is 6.92 Å². The van der Waals surface area contributed by atoms with Gasteiger partial charge >= 0.3 is 0 Å². The Labute approximate surface area is 109 Å². The maximum absolute atomic E-state index is 12.0. The topological polar surface area (TPSA) is 58.4 Å². The van der Waals surface area contributed by atoms with Crippen LogP contribution in [0.5, 0.6) is 0 Å². The first-order valence-corrected chi connectivity index (χ1v) is 6.45.